The zero-order valence-corrected chi connectivity index (χ0v) is 17.6. The molecule has 0 unspecified atom stereocenters. The molecule has 160 valence electrons. The molecule has 0 aromatic heterocycles. The summed E-state index contributed by atoms with van der Waals surface area (Å²) in [7, 11) is 0. The van der Waals surface area contributed by atoms with Gasteiger partial charge in [-0.1, -0.05) is 60.7 Å². The summed E-state index contributed by atoms with van der Waals surface area (Å²) in [5, 5.41) is 0. The van der Waals surface area contributed by atoms with Gasteiger partial charge in [0.05, 0.1) is 0 Å². The van der Waals surface area contributed by atoms with Crippen LogP contribution >= 0.6 is 0 Å². The Bertz CT molecular complexity index is 983. The van der Waals surface area contributed by atoms with Gasteiger partial charge < -0.3 is 9.47 Å². The van der Waals surface area contributed by atoms with E-state index in [0.717, 1.165) is 35.2 Å². The van der Waals surface area contributed by atoms with E-state index in [4.69, 9.17) is 9.47 Å². The zero-order chi connectivity index (χ0) is 22.4. The standard InChI is InChI=1S/2C14H12O2/c2*15-10-12-6-8-14(9-7-12)16-11-13-4-2-1-3-5-13/h2*1-10H,11H2. The van der Waals surface area contributed by atoms with E-state index < -0.39 is 0 Å². The lowest BCUT2D eigenvalue weighted by molar-refractivity contribution is 0.111. The zero-order valence-electron chi connectivity index (χ0n) is 17.6. The van der Waals surface area contributed by atoms with E-state index in [-0.39, 0.29) is 0 Å². The van der Waals surface area contributed by atoms with Crippen molar-refractivity contribution in [2.45, 2.75) is 13.2 Å². The van der Waals surface area contributed by atoms with Crippen LogP contribution in [0.5, 0.6) is 11.5 Å². The molecule has 0 bridgehead atoms. The van der Waals surface area contributed by atoms with Crippen molar-refractivity contribution in [2.75, 3.05) is 0 Å². The van der Waals surface area contributed by atoms with Crippen LogP contribution in [0.4, 0.5) is 0 Å². The first-order chi connectivity index (χ1) is 15.8. The summed E-state index contributed by atoms with van der Waals surface area (Å²) >= 11 is 0. The smallest absolute Gasteiger partial charge is 0.150 e. The molecule has 4 aromatic rings. The van der Waals surface area contributed by atoms with Crippen molar-refractivity contribution in [3.05, 3.63) is 131 Å². The van der Waals surface area contributed by atoms with E-state index in [9.17, 15) is 9.59 Å². The third-order valence-corrected chi connectivity index (χ3v) is 4.53. The summed E-state index contributed by atoms with van der Waals surface area (Å²) in [4.78, 5) is 20.9. The van der Waals surface area contributed by atoms with Gasteiger partial charge in [-0.05, 0) is 59.7 Å². The van der Waals surface area contributed by atoms with Crippen LogP contribution in [-0.4, -0.2) is 12.6 Å². The second-order valence-corrected chi connectivity index (χ2v) is 6.92. The second-order valence-electron chi connectivity index (χ2n) is 6.92. The minimum atomic E-state index is 0.543. The minimum absolute atomic E-state index is 0.543. The molecule has 0 saturated carbocycles. The fraction of sp³-hybridized carbons (Fsp3) is 0.0714. The lowest BCUT2D eigenvalue weighted by Crippen LogP contribution is -1.94. The summed E-state index contributed by atoms with van der Waals surface area (Å²) < 4.78 is 11.2. The first-order valence-electron chi connectivity index (χ1n) is 10.2. The molecular formula is C28H24O4. The number of carbonyl (C=O) groups excluding carboxylic acids is 2. The maximum absolute atomic E-state index is 10.5. The summed E-state index contributed by atoms with van der Waals surface area (Å²) in [6, 6.07) is 34.1. The molecule has 4 aromatic carbocycles. The van der Waals surface area contributed by atoms with Crippen molar-refractivity contribution >= 4 is 12.6 Å². The van der Waals surface area contributed by atoms with E-state index in [1.165, 1.54) is 0 Å². The normalized spacial score (nSPS) is 9.75. The molecule has 0 aliphatic rings. The molecule has 4 rings (SSSR count). The molecule has 0 heterocycles. The Balaban J connectivity index is 0.000000181. The summed E-state index contributed by atoms with van der Waals surface area (Å²) in [6.07, 6.45) is 1.64. The highest BCUT2D eigenvalue weighted by Gasteiger charge is 1.97. The molecule has 0 aliphatic heterocycles. The Hall–Kier alpha value is -4.18. The van der Waals surface area contributed by atoms with Crippen LogP contribution in [0.3, 0.4) is 0 Å². The largest absolute Gasteiger partial charge is 0.489 e. The van der Waals surface area contributed by atoms with Gasteiger partial charge in [-0.3, -0.25) is 9.59 Å². The van der Waals surface area contributed by atoms with Crippen molar-refractivity contribution in [3.63, 3.8) is 0 Å². The first-order valence-corrected chi connectivity index (χ1v) is 10.2. The maximum Gasteiger partial charge on any atom is 0.150 e. The van der Waals surface area contributed by atoms with Gasteiger partial charge in [-0.2, -0.15) is 0 Å². The molecule has 0 radical (unpaired) electrons. The minimum Gasteiger partial charge on any atom is -0.489 e. The molecule has 0 atom stereocenters. The average Bonchev–Trinajstić information content (AvgIpc) is 2.88. The summed E-state index contributed by atoms with van der Waals surface area (Å²) in [5.41, 5.74) is 3.57. The Morgan fingerprint density at radius 1 is 0.469 bits per heavy atom. The Labute approximate surface area is 188 Å². The average molecular weight is 424 g/mol. The topological polar surface area (TPSA) is 52.6 Å². The Kier molecular flexibility index (Phi) is 8.79. The predicted molar refractivity (Wildman–Crippen MR) is 125 cm³/mol. The molecule has 0 saturated heterocycles. The Morgan fingerprint density at radius 2 is 0.812 bits per heavy atom. The van der Waals surface area contributed by atoms with Crippen LogP contribution in [0.1, 0.15) is 31.8 Å². The molecule has 0 amide bonds. The van der Waals surface area contributed by atoms with Gasteiger partial charge in [-0.15, -0.1) is 0 Å². The number of hydrogen-bond acceptors (Lipinski definition) is 4. The lowest BCUT2D eigenvalue weighted by atomic mass is 10.2. The van der Waals surface area contributed by atoms with Crippen LogP contribution in [0.15, 0.2) is 109 Å². The number of rotatable bonds is 8. The summed E-state index contributed by atoms with van der Waals surface area (Å²) in [5.74, 6) is 1.55. The maximum atomic E-state index is 10.5. The molecule has 4 heteroatoms. The van der Waals surface area contributed by atoms with Gasteiger partial charge >= 0.3 is 0 Å². The molecule has 32 heavy (non-hydrogen) atoms. The number of aldehydes is 2. The molecule has 4 nitrogen and oxygen atoms in total. The highest BCUT2D eigenvalue weighted by Crippen LogP contribution is 2.14. The van der Waals surface area contributed by atoms with E-state index >= 15 is 0 Å². The van der Waals surface area contributed by atoms with Crippen LogP contribution in [-0.2, 0) is 13.2 Å². The predicted octanol–water partition coefficient (Wildman–Crippen LogP) is 6.16. The molecule has 0 aliphatic carbocycles. The second kappa shape index (κ2) is 12.5. The van der Waals surface area contributed by atoms with Gasteiger partial charge in [0.1, 0.15) is 37.3 Å². The first kappa shape index (κ1) is 22.5. The van der Waals surface area contributed by atoms with Gasteiger partial charge in [0, 0.05) is 11.1 Å². The van der Waals surface area contributed by atoms with Gasteiger partial charge in [0.15, 0.2) is 0 Å². The monoisotopic (exact) mass is 424 g/mol. The van der Waals surface area contributed by atoms with E-state index in [2.05, 4.69) is 0 Å². The van der Waals surface area contributed by atoms with Crippen LogP contribution < -0.4 is 9.47 Å². The fourth-order valence-corrected chi connectivity index (χ4v) is 2.77. The third-order valence-electron chi connectivity index (χ3n) is 4.53. The van der Waals surface area contributed by atoms with E-state index in [1.807, 2.05) is 60.7 Å². The Morgan fingerprint density at radius 3 is 1.12 bits per heavy atom. The number of ether oxygens (including phenoxy) is 2. The van der Waals surface area contributed by atoms with Crippen LogP contribution in [0, 0.1) is 0 Å². The van der Waals surface area contributed by atoms with E-state index in [0.29, 0.717) is 24.3 Å². The van der Waals surface area contributed by atoms with Crippen LogP contribution in [0.2, 0.25) is 0 Å². The van der Waals surface area contributed by atoms with Gasteiger partial charge in [0.2, 0.25) is 0 Å². The van der Waals surface area contributed by atoms with Gasteiger partial charge in [-0.25, -0.2) is 0 Å². The van der Waals surface area contributed by atoms with Crippen molar-refractivity contribution in [1.82, 2.24) is 0 Å². The van der Waals surface area contributed by atoms with Crippen molar-refractivity contribution in [3.8, 4) is 11.5 Å². The summed E-state index contributed by atoms with van der Waals surface area (Å²) in [6.45, 7) is 1.09. The highest BCUT2D eigenvalue weighted by molar-refractivity contribution is 5.75. The quantitative estimate of drug-likeness (QED) is 0.318. The third kappa shape index (κ3) is 7.58. The van der Waals surface area contributed by atoms with Gasteiger partial charge in [0.25, 0.3) is 0 Å². The fourth-order valence-electron chi connectivity index (χ4n) is 2.77. The molecule has 0 fully saturated rings. The van der Waals surface area contributed by atoms with Crippen molar-refractivity contribution in [2.24, 2.45) is 0 Å². The van der Waals surface area contributed by atoms with Crippen LogP contribution in [0.25, 0.3) is 0 Å². The number of benzene rings is 4. The number of carbonyl (C=O) groups is 2. The SMILES string of the molecule is O=Cc1ccc(OCc2ccccc2)cc1.O=Cc1ccc(OCc2ccccc2)cc1. The lowest BCUT2D eigenvalue weighted by Gasteiger charge is -2.05. The molecular weight excluding hydrogens is 400 g/mol. The highest BCUT2D eigenvalue weighted by atomic mass is 16.5. The van der Waals surface area contributed by atoms with Crippen molar-refractivity contribution in [1.29, 1.82) is 0 Å². The number of hydrogen-bond donors (Lipinski definition) is 0. The molecule has 0 N–H and O–H groups in total. The van der Waals surface area contributed by atoms with Crippen molar-refractivity contribution < 1.29 is 19.1 Å². The molecule has 0 spiro atoms. The van der Waals surface area contributed by atoms with E-state index in [1.54, 1.807) is 48.5 Å².